The molecule has 0 unspecified atom stereocenters. The van der Waals surface area contributed by atoms with Crippen LogP contribution >= 0.6 is 11.8 Å². The molecule has 0 aliphatic rings. The average molecular weight is 305 g/mol. The van der Waals surface area contributed by atoms with Crippen molar-refractivity contribution >= 4 is 29.5 Å². The number of nitrogens with one attached hydrogen (secondary N) is 1. The lowest BCUT2D eigenvalue weighted by molar-refractivity contribution is -0.117. The second-order valence-electron chi connectivity index (χ2n) is 3.97. The zero-order valence-corrected chi connectivity index (χ0v) is 11.6. The highest BCUT2D eigenvalue weighted by atomic mass is 32.2. The van der Waals surface area contributed by atoms with E-state index in [1.807, 2.05) is 0 Å². The standard InChI is InChI=1S/C14H11NO5S/c16-12(15-13(17)11-2-1-7-20-11)8-21-10-5-3-9(4-6-10)14(18)19/h1-7H,8H2,(H,18,19)(H,15,16,17). The molecule has 0 radical (unpaired) electrons. The van der Waals surface area contributed by atoms with Gasteiger partial charge in [0.05, 0.1) is 17.6 Å². The van der Waals surface area contributed by atoms with E-state index in [2.05, 4.69) is 5.32 Å². The molecule has 0 fully saturated rings. The summed E-state index contributed by atoms with van der Waals surface area (Å²) in [5.74, 6) is -1.94. The maximum Gasteiger partial charge on any atom is 0.335 e. The Kier molecular flexibility index (Phi) is 4.78. The first-order valence-corrected chi connectivity index (χ1v) is 6.88. The van der Waals surface area contributed by atoms with Gasteiger partial charge in [-0.1, -0.05) is 0 Å². The first-order valence-electron chi connectivity index (χ1n) is 5.90. The van der Waals surface area contributed by atoms with E-state index in [0.717, 1.165) is 4.90 Å². The molecule has 1 aromatic heterocycles. The molecule has 0 aliphatic heterocycles. The highest BCUT2D eigenvalue weighted by Crippen LogP contribution is 2.18. The lowest BCUT2D eigenvalue weighted by Gasteiger charge is -2.03. The van der Waals surface area contributed by atoms with Gasteiger partial charge in [0.1, 0.15) is 0 Å². The zero-order chi connectivity index (χ0) is 15.2. The van der Waals surface area contributed by atoms with Crippen LogP contribution in [-0.2, 0) is 4.79 Å². The molecule has 7 heteroatoms. The number of carbonyl (C=O) groups is 3. The minimum atomic E-state index is -1.01. The summed E-state index contributed by atoms with van der Waals surface area (Å²) >= 11 is 1.20. The van der Waals surface area contributed by atoms with Crippen molar-refractivity contribution in [1.29, 1.82) is 0 Å². The molecule has 1 aromatic carbocycles. The fraction of sp³-hybridized carbons (Fsp3) is 0.0714. The van der Waals surface area contributed by atoms with E-state index in [1.54, 1.807) is 18.2 Å². The number of rotatable bonds is 5. The number of carboxylic acid groups (broad SMARTS) is 1. The quantitative estimate of drug-likeness (QED) is 0.820. The van der Waals surface area contributed by atoms with E-state index >= 15 is 0 Å². The largest absolute Gasteiger partial charge is 0.478 e. The molecule has 0 saturated heterocycles. The summed E-state index contributed by atoms with van der Waals surface area (Å²) in [6.07, 6.45) is 1.35. The number of thioether (sulfide) groups is 1. The van der Waals surface area contributed by atoms with Crippen LogP contribution in [-0.4, -0.2) is 28.6 Å². The van der Waals surface area contributed by atoms with Gasteiger partial charge in [0.15, 0.2) is 5.76 Å². The van der Waals surface area contributed by atoms with Gasteiger partial charge in [-0.15, -0.1) is 11.8 Å². The van der Waals surface area contributed by atoms with Gasteiger partial charge in [-0.05, 0) is 36.4 Å². The molecule has 21 heavy (non-hydrogen) atoms. The van der Waals surface area contributed by atoms with E-state index in [-0.39, 0.29) is 17.1 Å². The zero-order valence-electron chi connectivity index (χ0n) is 10.7. The Morgan fingerprint density at radius 2 is 1.86 bits per heavy atom. The number of benzene rings is 1. The van der Waals surface area contributed by atoms with Gasteiger partial charge in [-0.2, -0.15) is 0 Å². The second-order valence-corrected chi connectivity index (χ2v) is 5.02. The van der Waals surface area contributed by atoms with Crippen molar-refractivity contribution in [2.75, 3.05) is 5.75 Å². The Morgan fingerprint density at radius 3 is 2.43 bits per heavy atom. The number of aromatic carboxylic acids is 1. The summed E-state index contributed by atoms with van der Waals surface area (Å²) in [6, 6.07) is 9.14. The number of hydrogen-bond acceptors (Lipinski definition) is 5. The SMILES string of the molecule is O=C(CSc1ccc(C(=O)O)cc1)NC(=O)c1ccco1. The molecule has 0 atom stereocenters. The van der Waals surface area contributed by atoms with Gasteiger partial charge in [0.25, 0.3) is 5.91 Å². The third-order valence-corrected chi connectivity index (χ3v) is 3.48. The van der Waals surface area contributed by atoms with Crippen LogP contribution in [0.3, 0.4) is 0 Å². The average Bonchev–Trinajstić information content (AvgIpc) is 3.00. The maximum atomic E-state index is 11.6. The van der Waals surface area contributed by atoms with Crippen molar-refractivity contribution in [3.63, 3.8) is 0 Å². The van der Waals surface area contributed by atoms with Crippen LogP contribution in [0.15, 0.2) is 52.0 Å². The second kappa shape index (κ2) is 6.76. The van der Waals surface area contributed by atoms with E-state index in [1.165, 1.54) is 36.2 Å². The summed E-state index contributed by atoms with van der Waals surface area (Å²) < 4.78 is 4.87. The molecule has 0 bridgehead atoms. The van der Waals surface area contributed by atoms with Gasteiger partial charge in [-0.25, -0.2) is 4.79 Å². The van der Waals surface area contributed by atoms with Crippen LogP contribution in [0.1, 0.15) is 20.9 Å². The highest BCUT2D eigenvalue weighted by Gasteiger charge is 2.12. The van der Waals surface area contributed by atoms with Gasteiger partial charge >= 0.3 is 5.97 Å². The number of carboxylic acids is 1. The Bertz CT molecular complexity index is 649. The molecule has 0 aliphatic carbocycles. The van der Waals surface area contributed by atoms with Crippen molar-refractivity contribution in [3.8, 4) is 0 Å². The summed E-state index contributed by atoms with van der Waals surface area (Å²) in [5.41, 5.74) is 0.178. The number of furan rings is 1. The first kappa shape index (κ1) is 14.9. The predicted molar refractivity (Wildman–Crippen MR) is 75.3 cm³/mol. The van der Waals surface area contributed by atoms with Gasteiger partial charge in [0, 0.05) is 4.90 Å². The van der Waals surface area contributed by atoms with Crippen LogP contribution < -0.4 is 5.32 Å². The smallest absolute Gasteiger partial charge is 0.335 e. The summed E-state index contributed by atoms with van der Waals surface area (Å²) in [7, 11) is 0. The molecule has 2 N–H and O–H groups in total. The van der Waals surface area contributed by atoms with E-state index in [0.29, 0.717) is 0 Å². The molecule has 2 aromatic rings. The lowest BCUT2D eigenvalue weighted by atomic mass is 10.2. The minimum Gasteiger partial charge on any atom is -0.478 e. The highest BCUT2D eigenvalue weighted by molar-refractivity contribution is 8.00. The molecule has 0 saturated carbocycles. The van der Waals surface area contributed by atoms with Gasteiger partial charge in [-0.3, -0.25) is 14.9 Å². The maximum absolute atomic E-state index is 11.6. The van der Waals surface area contributed by atoms with Crippen molar-refractivity contribution in [1.82, 2.24) is 5.32 Å². The number of carbonyl (C=O) groups excluding carboxylic acids is 2. The third-order valence-electron chi connectivity index (χ3n) is 2.47. The van der Waals surface area contributed by atoms with E-state index < -0.39 is 17.8 Å². The fourth-order valence-corrected chi connectivity index (χ4v) is 2.17. The Balaban J connectivity index is 1.83. The van der Waals surface area contributed by atoms with Crippen molar-refractivity contribution in [2.45, 2.75) is 4.90 Å². The number of hydrogen-bond donors (Lipinski definition) is 2. The summed E-state index contributed by atoms with van der Waals surface area (Å²) in [4.78, 5) is 34.6. The van der Waals surface area contributed by atoms with Crippen molar-refractivity contribution in [2.24, 2.45) is 0 Å². The lowest BCUT2D eigenvalue weighted by Crippen LogP contribution is -2.31. The fourth-order valence-electron chi connectivity index (χ4n) is 1.47. The molecule has 1 heterocycles. The Hall–Kier alpha value is -2.54. The first-order chi connectivity index (χ1) is 10.1. The van der Waals surface area contributed by atoms with E-state index in [9.17, 15) is 14.4 Å². The normalized spacial score (nSPS) is 10.1. The van der Waals surface area contributed by atoms with Crippen molar-refractivity contribution < 1.29 is 23.9 Å². The molecular weight excluding hydrogens is 294 g/mol. The number of amides is 2. The molecule has 2 rings (SSSR count). The van der Waals surface area contributed by atoms with Gasteiger partial charge in [0.2, 0.25) is 5.91 Å². The van der Waals surface area contributed by atoms with Crippen molar-refractivity contribution in [3.05, 3.63) is 54.0 Å². The predicted octanol–water partition coefficient (Wildman–Crippen LogP) is 2.03. The molecule has 2 amide bonds. The number of imide groups is 1. The molecule has 0 spiro atoms. The topological polar surface area (TPSA) is 96.6 Å². The van der Waals surface area contributed by atoms with Crippen LogP contribution in [0.2, 0.25) is 0 Å². The van der Waals surface area contributed by atoms with Crippen LogP contribution in [0.25, 0.3) is 0 Å². The Labute approximate surface area is 124 Å². The van der Waals surface area contributed by atoms with Gasteiger partial charge < -0.3 is 9.52 Å². The summed E-state index contributed by atoms with van der Waals surface area (Å²) in [5, 5.41) is 11.0. The van der Waals surface area contributed by atoms with Crippen LogP contribution in [0, 0.1) is 0 Å². The Morgan fingerprint density at radius 1 is 1.14 bits per heavy atom. The molecule has 108 valence electrons. The monoisotopic (exact) mass is 305 g/mol. The minimum absolute atomic E-state index is 0.0405. The molecular formula is C14H11NO5S. The third kappa shape index (κ3) is 4.22. The van der Waals surface area contributed by atoms with Crippen LogP contribution in [0.4, 0.5) is 0 Å². The summed E-state index contributed by atoms with van der Waals surface area (Å²) in [6.45, 7) is 0. The van der Waals surface area contributed by atoms with Crippen LogP contribution in [0.5, 0.6) is 0 Å². The molecule has 6 nitrogen and oxygen atoms in total. The van der Waals surface area contributed by atoms with E-state index in [4.69, 9.17) is 9.52 Å².